The molecule has 5 nitrogen and oxygen atoms in total. The zero-order valence-corrected chi connectivity index (χ0v) is 15.3. The molecule has 2 aromatic carbocycles. The van der Waals surface area contributed by atoms with Gasteiger partial charge in [-0.2, -0.15) is 0 Å². The topological polar surface area (TPSA) is 62.6 Å². The van der Waals surface area contributed by atoms with E-state index in [-0.39, 0.29) is 12.5 Å². The van der Waals surface area contributed by atoms with E-state index < -0.39 is 6.03 Å². The van der Waals surface area contributed by atoms with Gasteiger partial charge in [0.15, 0.2) is 6.54 Å². The van der Waals surface area contributed by atoms with Crippen molar-refractivity contribution in [1.82, 2.24) is 5.32 Å². The van der Waals surface area contributed by atoms with E-state index in [9.17, 15) is 9.59 Å². The number of quaternary nitrogens is 1. The molecule has 2 rings (SSSR count). The Morgan fingerprint density at radius 2 is 1.72 bits per heavy atom. The van der Waals surface area contributed by atoms with E-state index in [0.29, 0.717) is 5.69 Å². The number of urea groups is 1. The summed E-state index contributed by atoms with van der Waals surface area (Å²) in [6.45, 7) is 6.94. The fraction of sp³-hybridized carbons (Fsp3) is 0.300. The van der Waals surface area contributed by atoms with Crippen molar-refractivity contribution in [3.63, 3.8) is 0 Å². The van der Waals surface area contributed by atoms with Crippen LogP contribution in [0.5, 0.6) is 0 Å². The molecule has 0 aromatic heterocycles. The molecule has 0 spiro atoms. The first-order chi connectivity index (χ1) is 11.8. The molecule has 0 aliphatic rings. The molecule has 2 aromatic rings. The number of rotatable bonds is 5. The van der Waals surface area contributed by atoms with Crippen LogP contribution in [-0.2, 0) is 11.3 Å². The van der Waals surface area contributed by atoms with Crippen molar-refractivity contribution in [3.8, 4) is 0 Å². The Labute approximate surface area is 149 Å². The summed E-state index contributed by atoms with van der Waals surface area (Å²) in [5, 5.41) is 5.11. The number of hydrogen-bond acceptors (Lipinski definition) is 2. The van der Waals surface area contributed by atoms with Gasteiger partial charge < -0.3 is 10.2 Å². The Balaban J connectivity index is 1.84. The van der Waals surface area contributed by atoms with Gasteiger partial charge in [0.25, 0.3) is 5.91 Å². The number of carbonyl (C=O) groups excluding carboxylic acids is 2. The van der Waals surface area contributed by atoms with Crippen molar-refractivity contribution in [2.24, 2.45) is 0 Å². The van der Waals surface area contributed by atoms with E-state index >= 15 is 0 Å². The fourth-order valence-electron chi connectivity index (χ4n) is 2.75. The number of amides is 3. The third-order valence-corrected chi connectivity index (χ3v) is 4.10. The van der Waals surface area contributed by atoms with Gasteiger partial charge in [0.05, 0.1) is 7.05 Å². The Bertz CT molecular complexity index is 771. The lowest BCUT2D eigenvalue weighted by Crippen LogP contribution is -3.09. The second-order valence-electron chi connectivity index (χ2n) is 6.56. The quantitative estimate of drug-likeness (QED) is 0.779. The van der Waals surface area contributed by atoms with Gasteiger partial charge in [-0.15, -0.1) is 0 Å². The molecule has 0 saturated carbocycles. The van der Waals surface area contributed by atoms with Gasteiger partial charge in [0, 0.05) is 11.3 Å². The summed E-state index contributed by atoms with van der Waals surface area (Å²) in [5.74, 6) is -0.298. The number of aryl methyl sites for hydroxylation is 3. The van der Waals surface area contributed by atoms with Crippen LogP contribution in [-0.4, -0.2) is 25.5 Å². The Morgan fingerprint density at radius 3 is 2.40 bits per heavy atom. The highest BCUT2D eigenvalue weighted by Gasteiger charge is 2.14. The Kier molecular flexibility index (Phi) is 6.31. The first kappa shape index (κ1) is 18.7. The molecular formula is C20H26N3O2+. The molecule has 0 bridgehead atoms. The summed E-state index contributed by atoms with van der Waals surface area (Å²) in [5.41, 5.74) is 5.20. The molecular weight excluding hydrogens is 314 g/mol. The van der Waals surface area contributed by atoms with Crippen molar-refractivity contribution >= 4 is 17.6 Å². The summed E-state index contributed by atoms with van der Waals surface area (Å²) in [6, 6.07) is 13.3. The highest BCUT2D eigenvalue weighted by molar-refractivity contribution is 6.01. The molecule has 1 atom stereocenters. The third-order valence-electron chi connectivity index (χ3n) is 4.10. The molecule has 0 aliphatic carbocycles. The van der Waals surface area contributed by atoms with Crippen LogP contribution in [0.15, 0.2) is 42.5 Å². The first-order valence-corrected chi connectivity index (χ1v) is 8.39. The summed E-state index contributed by atoms with van der Waals surface area (Å²) in [6.07, 6.45) is 0. The average Bonchev–Trinajstić information content (AvgIpc) is 2.52. The number of benzene rings is 2. The smallest absolute Gasteiger partial charge is 0.326 e. The zero-order valence-electron chi connectivity index (χ0n) is 15.3. The summed E-state index contributed by atoms with van der Waals surface area (Å²) in [4.78, 5) is 25.1. The monoisotopic (exact) mass is 340 g/mol. The highest BCUT2D eigenvalue weighted by atomic mass is 16.2. The van der Waals surface area contributed by atoms with Crippen molar-refractivity contribution in [1.29, 1.82) is 0 Å². The van der Waals surface area contributed by atoms with E-state index in [0.717, 1.165) is 22.6 Å². The fourth-order valence-corrected chi connectivity index (χ4v) is 2.75. The summed E-state index contributed by atoms with van der Waals surface area (Å²) < 4.78 is 0. The van der Waals surface area contributed by atoms with Crippen molar-refractivity contribution < 1.29 is 14.5 Å². The standard InChI is InChI=1S/C20H25N3O2/c1-14-9-10-18(16(3)11-14)21-20(25)22-19(24)13-23(4)12-17-8-6-5-7-15(17)2/h5-11H,12-13H2,1-4H3,(H2,21,22,24,25)/p+1. The number of nitrogens with one attached hydrogen (secondary N) is 3. The number of imide groups is 1. The molecule has 0 aliphatic heterocycles. The molecule has 5 heteroatoms. The van der Waals surface area contributed by atoms with Gasteiger partial charge in [0.1, 0.15) is 6.54 Å². The number of likely N-dealkylation sites (N-methyl/N-ethyl adjacent to an activating group) is 1. The maximum absolute atomic E-state index is 12.1. The second kappa shape index (κ2) is 8.44. The maximum Gasteiger partial charge on any atom is 0.326 e. The predicted molar refractivity (Wildman–Crippen MR) is 99.7 cm³/mol. The van der Waals surface area contributed by atoms with Crippen LogP contribution in [0.25, 0.3) is 0 Å². The number of anilines is 1. The van der Waals surface area contributed by atoms with Crippen LogP contribution in [0.4, 0.5) is 10.5 Å². The molecule has 132 valence electrons. The normalized spacial score (nSPS) is 11.7. The minimum Gasteiger partial charge on any atom is -0.326 e. The van der Waals surface area contributed by atoms with Crippen LogP contribution in [0.1, 0.15) is 22.3 Å². The molecule has 3 N–H and O–H groups in total. The second-order valence-corrected chi connectivity index (χ2v) is 6.56. The Morgan fingerprint density at radius 1 is 1.00 bits per heavy atom. The highest BCUT2D eigenvalue weighted by Crippen LogP contribution is 2.15. The van der Waals surface area contributed by atoms with E-state index in [1.165, 1.54) is 11.1 Å². The average molecular weight is 340 g/mol. The van der Waals surface area contributed by atoms with Gasteiger partial charge in [-0.1, -0.05) is 42.0 Å². The first-order valence-electron chi connectivity index (χ1n) is 8.39. The summed E-state index contributed by atoms with van der Waals surface area (Å²) >= 11 is 0. The van der Waals surface area contributed by atoms with Crippen LogP contribution in [0.3, 0.4) is 0 Å². The number of carbonyl (C=O) groups is 2. The lowest BCUT2D eigenvalue weighted by atomic mass is 10.1. The molecule has 1 unspecified atom stereocenters. The minimum atomic E-state index is -0.499. The van der Waals surface area contributed by atoms with E-state index in [2.05, 4.69) is 29.7 Å². The zero-order chi connectivity index (χ0) is 18.4. The van der Waals surface area contributed by atoms with Crippen LogP contribution in [0, 0.1) is 20.8 Å². The summed E-state index contributed by atoms with van der Waals surface area (Å²) in [7, 11) is 1.94. The van der Waals surface area contributed by atoms with E-state index in [4.69, 9.17) is 0 Å². The lowest BCUT2D eigenvalue weighted by Gasteiger charge is -2.15. The largest absolute Gasteiger partial charge is 0.326 e. The molecule has 0 saturated heterocycles. The molecule has 0 heterocycles. The van der Waals surface area contributed by atoms with E-state index in [1.54, 1.807) is 0 Å². The van der Waals surface area contributed by atoms with Crippen LogP contribution in [0.2, 0.25) is 0 Å². The van der Waals surface area contributed by atoms with E-state index in [1.807, 2.05) is 51.2 Å². The SMILES string of the molecule is Cc1ccc(NC(=O)NC(=O)C[NH+](C)Cc2ccccc2C)c(C)c1. The predicted octanol–water partition coefficient (Wildman–Crippen LogP) is 1.97. The van der Waals surface area contributed by atoms with Gasteiger partial charge in [0.2, 0.25) is 0 Å². The van der Waals surface area contributed by atoms with Crippen molar-refractivity contribution in [3.05, 3.63) is 64.7 Å². The van der Waals surface area contributed by atoms with Crippen LogP contribution < -0.4 is 15.5 Å². The Hall–Kier alpha value is -2.66. The molecule has 25 heavy (non-hydrogen) atoms. The minimum absolute atomic E-state index is 0.231. The van der Waals surface area contributed by atoms with Gasteiger partial charge in [-0.3, -0.25) is 10.1 Å². The van der Waals surface area contributed by atoms with Crippen molar-refractivity contribution in [2.75, 3.05) is 18.9 Å². The lowest BCUT2D eigenvalue weighted by molar-refractivity contribution is -0.885. The van der Waals surface area contributed by atoms with Crippen LogP contribution >= 0.6 is 0 Å². The van der Waals surface area contributed by atoms with Gasteiger partial charge >= 0.3 is 6.03 Å². The van der Waals surface area contributed by atoms with Gasteiger partial charge in [-0.05, 0) is 38.0 Å². The van der Waals surface area contributed by atoms with Crippen molar-refractivity contribution in [2.45, 2.75) is 27.3 Å². The third kappa shape index (κ3) is 5.72. The maximum atomic E-state index is 12.1. The molecule has 0 fully saturated rings. The molecule has 3 amide bonds. The number of hydrogen-bond donors (Lipinski definition) is 3. The molecule has 0 radical (unpaired) electrons. The van der Waals surface area contributed by atoms with Gasteiger partial charge in [-0.25, -0.2) is 4.79 Å².